The molecule has 0 aromatic heterocycles. The third-order valence-corrected chi connectivity index (χ3v) is 4.99. The maximum atomic E-state index is 12.7. The molecule has 5 heteroatoms. The molecule has 1 aliphatic rings. The van der Waals surface area contributed by atoms with Crippen LogP contribution in [0.25, 0.3) is 0 Å². The molecule has 0 spiro atoms. The van der Waals surface area contributed by atoms with Crippen LogP contribution < -0.4 is 10.5 Å². The molecule has 1 amide bonds. The lowest BCUT2D eigenvalue weighted by Gasteiger charge is -2.33. The van der Waals surface area contributed by atoms with Crippen LogP contribution in [-0.2, 0) is 9.53 Å². The summed E-state index contributed by atoms with van der Waals surface area (Å²) < 4.78 is 11.8. The number of ether oxygens (including phenoxy) is 2. The standard InChI is InChI=1S/C21H34N2O3/c1-15(2)18-7-6-16(3)20(14-18)26-17(4)21(24)23-11-8-19(9-12-23)25-13-5-10-22/h6-7,14-15,17,19H,5,8-13,22H2,1-4H3. The van der Waals surface area contributed by atoms with E-state index in [4.69, 9.17) is 15.2 Å². The SMILES string of the molecule is Cc1ccc(C(C)C)cc1OC(C)C(=O)N1CCC(OCCCN)CC1. The van der Waals surface area contributed by atoms with Crippen LogP contribution in [0.4, 0.5) is 0 Å². The van der Waals surface area contributed by atoms with E-state index in [1.807, 2.05) is 18.7 Å². The number of rotatable bonds is 8. The highest BCUT2D eigenvalue weighted by atomic mass is 16.5. The van der Waals surface area contributed by atoms with E-state index in [1.165, 1.54) is 5.56 Å². The van der Waals surface area contributed by atoms with Gasteiger partial charge in [-0.2, -0.15) is 0 Å². The van der Waals surface area contributed by atoms with Gasteiger partial charge in [0.2, 0.25) is 0 Å². The Morgan fingerprint density at radius 1 is 1.27 bits per heavy atom. The lowest BCUT2D eigenvalue weighted by atomic mass is 10.0. The van der Waals surface area contributed by atoms with E-state index in [9.17, 15) is 4.79 Å². The zero-order valence-electron chi connectivity index (χ0n) is 16.7. The molecule has 1 aromatic carbocycles. The number of nitrogens with two attached hydrogens (primary N) is 1. The molecule has 26 heavy (non-hydrogen) atoms. The second-order valence-corrected chi connectivity index (χ2v) is 7.48. The second-order valence-electron chi connectivity index (χ2n) is 7.48. The first-order chi connectivity index (χ1) is 12.4. The number of likely N-dealkylation sites (tertiary alicyclic amines) is 1. The van der Waals surface area contributed by atoms with Gasteiger partial charge in [0.15, 0.2) is 6.10 Å². The van der Waals surface area contributed by atoms with Crippen molar-refractivity contribution in [3.8, 4) is 5.75 Å². The Hall–Kier alpha value is -1.59. The highest BCUT2D eigenvalue weighted by molar-refractivity contribution is 5.81. The fourth-order valence-electron chi connectivity index (χ4n) is 3.18. The summed E-state index contributed by atoms with van der Waals surface area (Å²) in [5, 5.41) is 0. The third-order valence-electron chi connectivity index (χ3n) is 4.99. The third kappa shape index (κ3) is 5.71. The molecule has 2 N–H and O–H groups in total. The largest absolute Gasteiger partial charge is 0.481 e. The maximum absolute atomic E-state index is 12.7. The Balaban J connectivity index is 1.87. The van der Waals surface area contributed by atoms with Crippen LogP contribution in [0, 0.1) is 6.92 Å². The van der Waals surface area contributed by atoms with Crippen molar-refractivity contribution in [3.05, 3.63) is 29.3 Å². The van der Waals surface area contributed by atoms with Gasteiger partial charge in [-0.05, 0) is 62.8 Å². The highest BCUT2D eigenvalue weighted by Crippen LogP contribution is 2.26. The highest BCUT2D eigenvalue weighted by Gasteiger charge is 2.27. The lowest BCUT2D eigenvalue weighted by molar-refractivity contribution is -0.140. The first-order valence-corrected chi connectivity index (χ1v) is 9.80. The number of piperidine rings is 1. The molecule has 0 bridgehead atoms. The summed E-state index contributed by atoms with van der Waals surface area (Å²) in [5.74, 6) is 1.29. The van der Waals surface area contributed by atoms with E-state index in [1.54, 1.807) is 0 Å². The van der Waals surface area contributed by atoms with E-state index in [2.05, 4.69) is 32.0 Å². The average molecular weight is 363 g/mol. The topological polar surface area (TPSA) is 64.8 Å². The van der Waals surface area contributed by atoms with Crippen LogP contribution in [0.15, 0.2) is 18.2 Å². The molecule has 1 saturated heterocycles. The summed E-state index contributed by atoms with van der Waals surface area (Å²) in [7, 11) is 0. The Bertz CT molecular complexity index is 581. The molecule has 1 atom stereocenters. The lowest BCUT2D eigenvalue weighted by Crippen LogP contribution is -2.46. The first kappa shape index (κ1) is 20.7. The minimum absolute atomic E-state index is 0.0553. The molecule has 1 aliphatic heterocycles. The minimum atomic E-state index is -0.481. The summed E-state index contributed by atoms with van der Waals surface area (Å²) in [5.41, 5.74) is 7.77. The number of aryl methyl sites for hydroxylation is 1. The van der Waals surface area contributed by atoms with Crippen molar-refractivity contribution in [1.29, 1.82) is 0 Å². The molecule has 1 aromatic rings. The normalized spacial score (nSPS) is 16.8. The van der Waals surface area contributed by atoms with E-state index >= 15 is 0 Å². The summed E-state index contributed by atoms with van der Waals surface area (Å²) >= 11 is 0. The van der Waals surface area contributed by atoms with Crippen molar-refractivity contribution in [2.24, 2.45) is 5.73 Å². The van der Waals surface area contributed by atoms with Gasteiger partial charge < -0.3 is 20.1 Å². The number of benzene rings is 1. The quantitative estimate of drug-likeness (QED) is 0.721. The summed E-state index contributed by atoms with van der Waals surface area (Å²) in [6.07, 6.45) is 2.41. The van der Waals surface area contributed by atoms with Crippen LogP contribution in [-0.4, -0.2) is 49.3 Å². The van der Waals surface area contributed by atoms with Crippen LogP contribution in [0.3, 0.4) is 0 Å². The molecule has 5 nitrogen and oxygen atoms in total. The number of amides is 1. The molecule has 2 rings (SSSR count). The van der Waals surface area contributed by atoms with Crippen LogP contribution in [0.2, 0.25) is 0 Å². The average Bonchev–Trinajstić information content (AvgIpc) is 2.63. The van der Waals surface area contributed by atoms with E-state index < -0.39 is 6.10 Å². The van der Waals surface area contributed by atoms with Crippen molar-refractivity contribution in [2.45, 2.75) is 65.1 Å². The Morgan fingerprint density at radius 3 is 2.58 bits per heavy atom. The Morgan fingerprint density at radius 2 is 1.96 bits per heavy atom. The summed E-state index contributed by atoms with van der Waals surface area (Å²) in [4.78, 5) is 14.6. The van der Waals surface area contributed by atoms with E-state index in [-0.39, 0.29) is 12.0 Å². The molecule has 0 radical (unpaired) electrons. The van der Waals surface area contributed by atoms with Gasteiger partial charge in [0.25, 0.3) is 5.91 Å². The molecule has 0 aliphatic carbocycles. The monoisotopic (exact) mass is 362 g/mol. The fraction of sp³-hybridized carbons (Fsp3) is 0.667. The van der Waals surface area contributed by atoms with Gasteiger partial charge in [-0.3, -0.25) is 4.79 Å². The van der Waals surface area contributed by atoms with Crippen molar-refractivity contribution in [3.63, 3.8) is 0 Å². The predicted molar refractivity (Wildman–Crippen MR) is 105 cm³/mol. The van der Waals surface area contributed by atoms with Gasteiger partial charge in [0, 0.05) is 19.7 Å². The summed E-state index contributed by atoms with van der Waals surface area (Å²) in [6.45, 7) is 11.0. The van der Waals surface area contributed by atoms with Gasteiger partial charge in [0.05, 0.1) is 6.10 Å². The molecule has 1 fully saturated rings. The molecular formula is C21H34N2O3. The molecule has 1 heterocycles. The van der Waals surface area contributed by atoms with Crippen LogP contribution >= 0.6 is 0 Å². The summed E-state index contributed by atoms with van der Waals surface area (Å²) in [6, 6.07) is 6.24. The zero-order valence-corrected chi connectivity index (χ0v) is 16.7. The van der Waals surface area contributed by atoms with E-state index in [0.29, 0.717) is 19.1 Å². The van der Waals surface area contributed by atoms with Crippen LogP contribution in [0.5, 0.6) is 5.75 Å². The van der Waals surface area contributed by atoms with Crippen molar-refractivity contribution >= 4 is 5.91 Å². The molecule has 146 valence electrons. The smallest absolute Gasteiger partial charge is 0.263 e. The van der Waals surface area contributed by atoms with Gasteiger partial charge >= 0.3 is 0 Å². The van der Waals surface area contributed by atoms with Crippen molar-refractivity contribution < 1.29 is 14.3 Å². The minimum Gasteiger partial charge on any atom is -0.481 e. The number of nitrogens with zero attached hydrogens (tertiary/aromatic N) is 1. The van der Waals surface area contributed by atoms with Gasteiger partial charge in [-0.1, -0.05) is 26.0 Å². The van der Waals surface area contributed by atoms with Crippen LogP contribution in [0.1, 0.15) is 57.1 Å². The van der Waals surface area contributed by atoms with E-state index in [0.717, 1.165) is 43.7 Å². The van der Waals surface area contributed by atoms with Gasteiger partial charge in [-0.15, -0.1) is 0 Å². The predicted octanol–water partition coefficient (Wildman–Crippen LogP) is 3.24. The zero-order chi connectivity index (χ0) is 19.1. The number of hydrogen-bond donors (Lipinski definition) is 1. The van der Waals surface area contributed by atoms with Crippen molar-refractivity contribution in [1.82, 2.24) is 4.90 Å². The second kappa shape index (κ2) is 9.93. The Kier molecular flexibility index (Phi) is 7.91. The number of carbonyl (C=O) groups excluding carboxylic acids is 1. The number of hydrogen-bond acceptors (Lipinski definition) is 4. The maximum Gasteiger partial charge on any atom is 0.263 e. The first-order valence-electron chi connectivity index (χ1n) is 9.80. The fourth-order valence-corrected chi connectivity index (χ4v) is 3.18. The molecule has 0 saturated carbocycles. The number of carbonyl (C=O) groups is 1. The van der Waals surface area contributed by atoms with Gasteiger partial charge in [-0.25, -0.2) is 0 Å². The molecule has 1 unspecified atom stereocenters. The molecular weight excluding hydrogens is 328 g/mol. The Labute approximate surface area is 157 Å². The van der Waals surface area contributed by atoms with Gasteiger partial charge in [0.1, 0.15) is 5.75 Å². The van der Waals surface area contributed by atoms with Crippen molar-refractivity contribution in [2.75, 3.05) is 26.2 Å².